The number of thiophene rings is 1. The van der Waals surface area contributed by atoms with Gasteiger partial charge in [0.25, 0.3) is 0 Å². The summed E-state index contributed by atoms with van der Waals surface area (Å²) >= 11 is 1.86. The van der Waals surface area contributed by atoms with Crippen LogP contribution in [-0.2, 0) is 0 Å². The molecule has 0 N–H and O–H groups in total. The standard InChI is InChI=1S/C52H35NS/c1-2-12-36(13-3-1)40-17-9-20-45(33-40)53(44-29-26-37(27-30-44)42-28-31-52-50(35-42)49-23-6-7-25-51(49)54-52)46-21-10-18-41(34-46)39-16-8-19-43(32-39)48-24-11-15-38-14-4-5-22-47(38)48/h1-35H. The van der Waals surface area contributed by atoms with Crippen molar-refractivity contribution in [2.45, 2.75) is 0 Å². The third-order valence-corrected chi connectivity index (χ3v) is 11.6. The Hall–Kier alpha value is -6.74. The van der Waals surface area contributed by atoms with E-state index in [1.54, 1.807) is 0 Å². The van der Waals surface area contributed by atoms with E-state index < -0.39 is 0 Å². The fraction of sp³-hybridized carbons (Fsp3) is 0. The second-order valence-electron chi connectivity index (χ2n) is 13.8. The van der Waals surface area contributed by atoms with Gasteiger partial charge in [0.05, 0.1) is 0 Å². The molecule has 10 aromatic rings. The normalized spacial score (nSPS) is 11.3. The Morgan fingerprint density at radius 3 is 1.59 bits per heavy atom. The van der Waals surface area contributed by atoms with Gasteiger partial charge in [0.15, 0.2) is 0 Å². The van der Waals surface area contributed by atoms with Crippen molar-refractivity contribution in [1.82, 2.24) is 0 Å². The van der Waals surface area contributed by atoms with Crippen LogP contribution in [0.2, 0.25) is 0 Å². The lowest BCUT2D eigenvalue weighted by Gasteiger charge is -2.27. The molecule has 0 unspecified atom stereocenters. The van der Waals surface area contributed by atoms with Crippen molar-refractivity contribution < 1.29 is 0 Å². The van der Waals surface area contributed by atoms with Gasteiger partial charge in [-0.05, 0) is 116 Å². The summed E-state index contributed by atoms with van der Waals surface area (Å²) < 4.78 is 2.65. The van der Waals surface area contributed by atoms with Gasteiger partial charge in [-0.25, -0.2) is 0 Å². The van der Waals surface area contributed by atoms with Gasteiger partial charge >= 0.3 is 0 Å². The molecule has 0 bridgehead atoms. The smallest absolute Gasteiger partial charge is 0.0467 e. The maximum Gasteiger partial charge on any atom is 0.0467 e. The van der Waals surface area contributed by atoms with Gasteiger partial charge in [-0.15, -0.1) is 11.3 Å². The first-order chi connectivity index (χ1) is 26.7. The Morgan fingerprint density at radius 2 is 0.796 bits per heavy atom. The highest BCUT2D eigenvalue weighted by atomic mass is 32.1. The molecule has 0 fully saturated rings. The molecule has 0 aliphatic rings. The van der Waals surface area contributed by atoms with Crippen LogP contribution in [0.4, 0.5) is 17.1 Å². The second-order valence-corrected chi connectivity index (χ2v) is 14.8. The van der Waals surface area contributed by atoms with Crippen molar-refractivity contribution in [3.63, 3.8) is 0 Å². The Morgan fingerprint density at radius 1 is 0.278 bits per heavy atom. The molecule has 0 spiro atoms. The zero-order valence-corrected chi connectivity index (χ0v) is 30.4. The minimum absolute atomic E-state index is 1.10. The topological polar surface area (TPSA) is 3.24 Å². The van der Waals surface area contributed by atoms with Crippen molar-refractivity contribution in [1.29, 1.82) is 0 Å². The summed E-state index contributed by atoms with van der Waals surface area (Å²) in [6.07, 6.45) is 0. The number of hydrogen-bond donors (Lipinski definition) is 0. The minimum Gasteiger partial charge on any atom is -0.310 e. The van der Waals surface area contributed by atoms with Gasteiger partial charge < -0.3 is 4.90 Å². The van der Waals surface area contributed by atoms with Gasteiger partial charge in [0.1, 0.15) is 0 Å². The van der Waals surface area contributed by atoms with E-state index >= 15 is 0 Å². The highest BCUT2D eigenvalue weighted by Gasteiger charge is 2.16. The van der Waals surface area contributed by atoms with E-state index in [-0.39, 0.29) is 0 Å². The van der Waals surface area contributed by atoms with Crippen molar-refractivity contribution >= 4 is 59.3 Å². The largest absolute Gasteiger partial charge is 0.310 e. The summed E-state index contributed by atoms with van der Waals surface area (Å²) in [5, 5.41) is 5.16. The van der Waals surface area contributed by atoms with Crippen LogP contribution in [0.5, 0.6) is 0 Å². The van der Waals surface area contributed by atoms with Crippen LogP contribution in [0.3, 0.4) is 0 Å². The summed E-state index contributed by atoms with van der Waals surface area (Å²) in [4.78, 5) is 2.38. The third-order valence-electron chi connectivity index (χ3n) is 10.4. The molecular formula is C52H35NS. The number of hydrogen-bond acceptors (Lipinski definition) is 2. The van der Waals surface area contributed by atoms with Crippen LogP contribution in [0.25, 0.3) is 75.5 Å². The molecule has 254 valence electrons. The van der Waals surface area contributed by atoms with Crippen LogP contribution in [-0.4, -0.2) is 0 Å². The third kappa shape index (κ3) is 5.93. The zero-order chi connectivity index (χ0) is 35.8. The fourth-order valence-corrected chi connectivity index (χ4v) is 8.87. The van der Waals surface area contributed by atoms with E-state index in [2.05, 4.69) is 217 Å². The van der Waals surface area contributed by atoms with E-state index in [4.69, 9.17) is 0 Å². The van der Waals surface area contributed by atoms with Gasteiger partial charge in [-0.1, -0.05) is 152 Å². The Balaban J connectivity index is 1.06. The average Bonchev–Trinajstić information content (AvgIpc) is 3.62. The molecule has 0 amide bonds. The first-order valence-electron chi connectivity index (χ1n) is 18.4. The van der Waals surface area contributed by atoms with E-state index in [1.165, 1.54) is 75.5 Å². The lowest BCUT2D eigenvalue weighted by atomic mass is 9.95. The number of benzene rings is 9. The molecule has 0 saturated carbocycles. The zero-order valence-electron chi connectivity index (χ0n) is 29.6. The lowest BCUT2D eigenvalue weighted by molar-refractivity contribution is 1.28. The highest BCUT2D eigenvalue weighted by molar-refractivity contribution is 7.25. The van der Waals surface area contributed by atoms with Crippen molar-refractivity contribution in [3.8, 4) is 44.5 Å². The van der Waals surface area contributed by atoms with E-state index in [1.807, 2.05) is 11.3 Å². The molecule has 0 aliphatic heterocycles. The Kier molecular flexibility index (Phi) is 8.09. The molecule has 0 radical (unpaired) electrons. The molecule has 10 rings (SSSR count). The predicted molar refractivity (Wildman–Crippen MR) is 233 cm³/mol. The first kappa shape index (κ1) is 32.0. The Labute approximate surface area is 319 Å². The van der Waals surface area contributed by atoms with Crippen molar-refractivity contribution in [3.05, 3.63) is 212 Å². The molecule has 54 heavy (non-hydrogen) atoms. The maximum absolute atomic E-state index is 2.38. The molecule has 0 aliphatic carbocycles. The molecule has 0 atom stereocenters. The fourth-order valence-electron chi connectivity index (χ4n) is 7.78. The van der Waals surface area contributed by atoms with Crippen molar-refractivity contribution in [2.24, 2.45) is 0 Å². The summed E-state index contributed by atoms with van der Waals surface area (Å²) in [6.45, 7) is 0. The van der Waals surface area contributed by atoms with Crippen LogP contribution >= 0.6 is 11.3 Å². The van der Waals surface area contributed by atoms with Crippen LogP contribution in [0.15, 0.2) is 212 Å². The number of fused-ring (bicyclic) bond motifs is 4. The average molecular weight is 706 g/mol. The predicted octanol–water partition coefficient (Wildman–Crippen LogP) is 15.3. The maximum atomic E-state index is 2.38. The molecule has 2 heteroatoms. The first-order valence-corrected chi connectivity index (χ1v) is 19.2. The molecular weight excluding hydrogens is 671 g/mol. The Bertz CT molecular complexity index is 2930. The van der Waals surface area contributed by atoms with E-state index in [9.17, 15) is 0 Å². The number of rotatable bonds is 7. The summed E-state index contributed by atoms with van der Waals surface area (Å²) in [5.74, 6) is 0. The lowest BCUT2D eigenvalue weighted by Crippen LogP contribution is -2.10. The highest BCUT2D eigenvalue weighted by Crippen LogP contribution is 2.41. The molecule has 1 aromatic heterocycles. The number of anilines is 3. The quantitative estimate of drug-likeness (QED) is 0.160. The minimum atomic E-state index is 1.10. The summed E-state index contributed by atoms with van der Waals surface area (Å²) in [7, 11) is 0. The van der Waals surface area contributed by atoms with Gasteiger partial charge in [0, 0.05) is 37.2 Å². The summed E-state index contributed by atoms with van der Waals surface area (Å²) in [6, 6.07) is 77.2. The molecule has 9 aromatic carbocycles. The SMILES string of the molecule is c1ccc(-c2cccc(N(c3ccc(-c4ccc5sc6ccccc6c5c4)cc3)c3cccc(-c4cccc(-c5cccc6ccccc56)c4)c3)c2)cc1. The van der Waals surface area contributed by atoms with Crippen LogP contribution in [0.1, 0.15) is 0 Å². The van der Waals surface area contributed by atoms with E-state index in [0.717, 1.165) is 17.1 Å². The van der Waals surface area contributed by atoms with Gasteiger partial charge in [-0.3, -0.25) is 0 Å². The second kappa shape index (κ2) is 13.7. The van der Waals surface area contributed by atoms with Gasteiger partial charge in [-0.2, -0.15) is 0 Å². The monoisotopic (exact) mass is 705 g/mol. The number of nitrogens with zero attached hydrogens (tertiary/aromatic N) is 1. The van der Waals surface area contributed by atoms with Crippen molar-refractivity contribution in [2.75, 3.05) is 4.90 Å². The molecule has 1 heterocycles. The van der Waals surface area contributed by atoms with E-state index in [0.29, 0.717) is 0 Å². The molecule has 1 nitrogen and oxygen atoms in total. The van der Waals surface area contributed by atoms with Gasteiger partial charge in [0.2, 0.25) is 0 Å². The molecule has 0 saturated heterocycles. The summed E-state index contributed by atoms with van der Waals surface area (Å²) in [5.41, 5.74) is 12.9. The van der Waals surface area contributed by atoms with Crippen LogP contribution < -0.4 is 4.90 Å². The van der Waals surface area contributed by atoms with Crippen LogP contribution in [0, 0.1) is 0 Å².